The third kappa shape index (κ3) is 1.55. The van der Waals surface area contributed by atoms with Gasteiger partial charge in [0.2, 0.25) is 0 Å². The maximum Gasteiger partial charge on any atom is 0.180 e. The topological polar surface area (TPSA) is 48.1 Å². The van der Waals surface area contributed by atoms with Crippen molar-refractivity contribution < 1.29 is 4.74 Å². The van der Waals surface area contributed by atoms with Crippen LogP contribution in [0.4, 0.5) is 5.13 Å². The van der Waals surface area contributed by atoms with Crippen molar-refractivity contribution in [2.75, 3.05) is 5.73 Å². The Morgan fingerprint density at radius 3 is 3.12 bits per heavy atom. The zero-order valence-electron chi connectivity index (χ0n) is 8.93. The molecule has 1 atom stereocenters. The molecule has 3 rings (SSSR count). The fraction of sp³-hybridized carbons (Fsp3) is 0.250. The van der Waals surface area contributed by atoms with Crippen molar-refractivity contribution in [3.05, 3.63) is 29.1 Å². The zero-order valence-corrected chi connectivity index (χ0v) is 9.75. The highest BCUT2D eigenvalue weighted by molar-refractivity contribution is 7.13. The Labute approximate surface area is 97.9 Å². The molecule has 0 bridgehead atoms. The van der Waals surface area contributed by atoms with Crippen LogP contribution in [-0.4, -0.2) is 11.1 Å². The van der Waals surface area contributed by atoms with Gasteiger partial charge in [-0.25, -0.2) is 4.98 Å². The molecule has 1 aliphatic rings. The smallest absolute Gasteiger partial charge is 0.180 e. The maximum absolute atomic E-state index is 5.66. The number of aromatic nitrogens is 1. The predicted molar refractivity (Wildman–Crippen MR) is 65.8 cm³/mol. The van der Waals surface area contributed by atoms with E-state index in [0.29, 0.717) is 5.13 Å². The summed E-state index contributed by atoms with van der Waals surface area (Å²) in [5, 5.41) is 2.59. The monoisotopic (exact) mass is 232 g/mol. The van der Waals surface area contributed by atoms with Crippen LogP contribution in [-0.2, 0) is 6.42 Å². The van der Waals surface area contributed by atoms with Crippen LogP contribution in [0.15, 0.2) is 23.6 Å². The highest BCUT2D eigenvalue weighted by atomic mass is 32.1. The number of ether oxygens (including phenoxy) is 1. The third-order valence-electron chi connectivity index (χ3n) is 2.71. The first kappa shape index (κ1) is 9.66. The number of hydrogen-bond acceptors (Lipinski definition) is 4. The number of fused-ring (bicyclic) bond motifs is 1. The molecule has 0 saturated carbocycles. The summed E-state index contributed by atoms with van der Waals surface area (Å²) >= 11 is 1.47. The van der Waals surface area contributed by atoms with Crippen molar-refractivity contribution in [3.8, 4) is 17.0 Å². The number of rotatable bonds is 1. The number of nitrogens with zero attached hydrogens (tertiary/aromatic N) is 1. The molecule has 0 amide bonds. The van der Waals surface area contributed by atoms with Gasteiger partial charge in [0.1, 0.15) is 11.9 Å². The molecule has 3 nitrogen and oxygen atoms in total. The van der Waals surface area contributed by atoms with Gasteiger partial charge in [-0.2, -0.15) is 0 Å². The molecule has 4 heteroatoms. The molecule has 16 heavy (non-hydrogen) atoms. The normalized spacial score (nSPS) is 18.2. The lowest BCUT2D eigenvalue weighted by Gasteiger charge is -2.02. The van der Waals surface area contributed by atoms with Crippen LogP contribution >= 0.6 is 11.3 Å². The number of hydrogen-bond donors (Lipinski definition) is 1. The van der Waals surface area contributed by atoms with E-state index < -0.39 is 0 Å². The van der Waals surface area contributed by atoms with Gasteiger partial charge in [-0.3, -0.25) is 0 Å². The third-order valence-corrected chi connectivity index (χ3v) is 3.39. The van der Waals surface area contributed by atoms with Gasteiger partial charge in [0.05, 0.1) is 5.69 Å². The van der Waals surface area contributed by atoms with Crippen LogP contribution in [0.3, 0.4) is 0 Å². The van der Waals surface area contributed by atoms with Gasteiger partial charge >= 0.3 is 0 Å². The molecule has 2 heterocycles. The van der Waals surface area contributed by atoms with Gasteiger partial charge in [-0.1, -0.05) is 0 Å². The molecule has 0 unspecified atom stereocenters. The summed E-state index contributed by atoms with van der Waals surface area (Å²) < 4.78 is 5.66. The second-order valence-corrected chi connectivity index (χ2v) is 4.92. The van der Waals surface area contributed by atoms with Crippen LogP contribution in [0, 0.1) is 0 Å². The Balaban J connectivity index is 2.02. The number of nitrogen functional groups attached to an aromatic ring is 1. The average molecular weight is 232 g/mol. The van der Waals surface area contributed by atoms with E-state index in [1.54, 1.807) is 0 Å². The van der Waals surface area contributed by atoms with Gasteiger partial charge in [-0.05, 0) is 30.7 Å². The van der Waals surface area contributed by atoms with Crippen LogP contribution in [0.5, 0.6) is 5.75 Å². The van der Waals surface area contributed by atoms with E-state index in [1.807, 2.05) is 17.5 Å². The molecule has 0 spiro atoms. The Hall–Kier alpha value is -1.55. The van der Waals surface area contributed by atoms with Crippen LogP contribution in [0.2, 0.25) is 0 Å². The fourth-order valence-corrected chi connectivity index (χ4v) is 2.57. The van der Waals surface area contributed by atoms with E-state index in [-0.39, 0.29) is 6.10 Å². The van der Waals surface area contributed by atoms with E-state index in [0.717, 1.165) is 23.4 Å². The molecule has 0 fully saturated rings. The summed E-state index contributed by atoms with van der Waals surface area (Å²) in [6, 6.07) is 6.20. The summed E-state index contributed by atoms with van der Waals surface area (Å²) in [5.41, 5.74) is 8.96. The highest BCUT2D eigenvalue weighted by Gasteiger charge is 2.19. The molecular formula is C12H12N2OS. The Bertz CT molecular complexity index is 536. The Morgan fingerprint density at radius 1 is 1.50 bits per heavy atom. The first-order valence-electron chi connectivity index (χ1n) is 5.23. The van der Waals surface area contributed by atoms with Crippen molar-refractivity contribution in [2.45, 2.75) is 19.4 Å². The molecule has 2 N–H and O–H groups in total. The highest BCUT2D eigenvalue weighted by Crippen LogP contribution is 2.33. The van der Waals surface area contributed by atoms with Gasteiger partial charge in [0, 0.05) is 17.4 Å². The molecule has 1 aromatic carbocycles. The lowest BCUT2D eigenvalue weighted by molar-refractivity contribution is 0.254. The van der Waals surface area contributed by atoms with Crippen LogP contribution in [0.25, 0.3) is 11.3 Å². The SMILES string of the molecule is C[C@H]1Cc2cc(-c3csc(N)n3)ccc2O1. The fourth-order valence-electron chi connectivity index (χ4n) is 2.00. The molecule has 0 aliphatic carbocycles. The summed E-state index contributed by atoms with van der Waals surface area (Å²) in [6.45, 7) is 2.08. The first-order chi connectivity index (χ1) is 7.72. The van der Waals surface area contributed by atoms with E-state index in [9.17, 15) is 0 Å². The molecule has 1 aliphatic heterocycles. The summed E-state index contributed by atoms with van der Waals surface area (Å²) in [7, 11) is 0. The average Bonchev–Trinajstić information content (AvgIpc) is 2.81. The van der Waals surface area contributed by atoms with Gasteiger partial charge in [0.25, 0.3) is 0 Å². The second-order valence-electron chi connectivity index (χ2n) is 4.03. The van der Waals surface area contributed by atoms with Crippen molar-refractivity contribution in [3.63, 3.8) is 0 Å². The maximum atomic E-state index is 5.66. The zero-order chi connectivity index (χ0) is 11.1. The van der Waals surface area contributed by atoms with E-state index in [4.69, 9.17) is 10.5 Å². The predicted octanol–water partition coefficient (Wildman–Crippen LogP) is 2.72. The quantitative estimate of drug-likeness (QED) is 0.822. The molecule has 2 aromatic rings. The van der Waals surface area contributed by atoms with E-state index in [1.165, 1.54) is 16.9 Å². The minimum absolute atomic E-state index is 0.283. The molecule has 82 valence electrons. The minimum Gasteiger partial charge on any atom is -0.490 e. The number of nitrogens with two attached hydrogens (primary N) is 1. The van der Waals surface area contributed by atoms with Gasteiger partial charge in [0.15, 0.2) is 5.13 Å². The molecule has 1 aromatic heterocycles. The summed E-state index contributed by atoms with van der Waals surface area (Å²) in [4.78, 5) is 4.28. The standard InChI is InChI=1S/C12H12N2OS/c1-7-4-9-5-8(2-3-11(9)15-7)10-6-16-12(13)14-10/h2-3,5-7H,4H2,1H3,(H2,13,14)/t7-/m0/s1. The lowest BCUT2D eigenvalue weighted by atomic mass is 10.1. The van der Waals surface area contributed by atoms with Crippen molar-refractivity contribution >= 4 is 16.5 Å². The van der Waals surface area contributed by atoms with Gasteiger partial charge in [-0.15, -0.1) is 11.3 Å². The minimum atomic E-state index is 0.283. The number of benzene rings is 1. The Kier molecular flexibility index (Phi) is 2.11. The molecule has 0 radical (unpaired) electrons. The summed E-state index contributed by atoms with van der Waals surface area (Å²) in [5.74, 6) is 0.999. The second kappa shape index (κ2) is 3.49. The number of anilines is 1. The summed E-state index contributed by atoms with van der Waals surface area (Å²) in [6.07, 6.45) is 1.26. The molecular weight excluding hydrogens is 220 g/mol. The van der Waals surface area contributed by atoms with Crippen molar-refractivity contribution in [2.24, 2.45) is 0 Å². The van der Waals surface area contributed by atoms with Gasteiger partial charge < -0.3 is 10.5 Å². The first-order valence-corrected chi connectivity index (χ1v) is 6.11. The van der Waals surface area contributed by atoms with E-state index in [2.05, 4.69) is 18.0 Å². The lowest BCUT2D eigenvalue weighted by Crippen LogP contribution is -2.05. The van der Waals surface area contributed by atoms with Crippen LogP contribution in [0.1, 0.15) is 12.5 Å². The van der Waals surface area contributed by atoms with Crippen molar-refractivity contribution in [1.29, 1.82) is 0 Å². The van der Waals surface area contributed by atoms with Crippen LogP contribution < -0.4 is 10.5 Å². The molecule has 0 saturated heterocycles. The Morgan fingerprint density at radius 2 is 2.38 bits per heavy atom. The van der Waals surface area contributed by atoms with Crippen molar-refractivity contribution in [1.82, 2.24) is 4.98 Å². The number of thiazole rings is 1. The van der Waals surface area contributed by atoms with E-state index >= 15 is 0 Å². The largest absolute Gasteiger partial charge is 0.490 e.